The molecule has 5 heteroatoms. The number of thioether (sulfide) groups is 1. The average Bonchev–Trinajstić information content (AvgIpc) is 2.24. The molecule has 0 amide bonds. The lowest BCUT2D eigenvalue weighted by Crippen LogP contribution is -2.14. The lowest BCUT2D eigenvalue weighted by Gasteiger charge is -2.08. The van der Waals surface area contributed by atoms with Crippen LogP contribution < -0.4 is 11.3 Å². The number of hydrazine groups is 1. The van der Waals surface area contributed by atoms with Gasteiger partial charge in [0.25, 0.3) is 0 Å². The van der Waals surface area contributed by atoms with E-state index in [1.54, 1.807) is 6.20 Å². The maximum Gasteiger partial charge on any atom is 0.0523 e. The molecule has 1 aromatic heterocycles. The van der Waals surface area contributed by atoms with Crippen LogP contribution in [0.1, 0.15) is 5.69 Å². The first-order valence-electron chi connectivity index (χ1n) is 4.86. The molecule has 15 heavy (non-hydrogen) atoms. The first-order chi connectivity index (χ1) is 7.22. The van der Waals surface area contributed by atoms with E-state index in [2.05, 4.69) is 29.4 Å². The van der Waals surface area contributed by atoms with Crippen molar-refractivity contribution in [2.45, 2.75) is 5.75 Å². The van der Waals surface area contributed by atoms with Gasteiger partial charge in [-0.05, 0) is 26.2 Å². The molecule has 0 aliphatic carbocycles. The zero-order valence-corrected chi connectivity index (χ0v) is 10.0. The highest BCUT2D eigenvalue weighted by atomic mass is 32.2. The van der Waals surface area contributed by atoms with E-state index < -0.39 is 0 Å². The summed E-state index contributed by atoms with van der Waals surface area (Å²) in [5, 5.41) is 0. The summed E-state index contributed by atoms with van der Waals surface area (Å²) >= 11 is 1.88. The summed E-state index contributed by atoms with van der Waals surface area (Å²) in [6, 6.07) is 3.83. The van der Waals surface area contributed by atoms with Gasteiger partial charge in [0, 0.05) is 24.2 Å². The largest absolute Gasteiger partial charge is 0.324 e. The van der Waals surface area contributed by atoms with Crippen LogP contribution >= 0.6 is 11.8 Å². The first-order valence-corrected chi connectivity index (χ1v) is 6.02. The molecule has 4 nitrogen and oxygen atoms in total. The van der Waals surface area contributed by atoms with Crippen LogP contribution in [0.15, 0.2) is 18.3 Å². The molecule has 84 valence electrons. The fourth-order valence-corrected chi connectivity index (χ4v) is 2.08. The Balaban J connectivity index is 2.30. The molecule has 0 fully saturated rings. The van der Waals surface area contributed by atoms with Gasteiger partial charge in [-0.1, -0.05) is 0 Å². The number of anilines is 1. The van der Waals surface area contributed by atoms with Gasteiger partial charge in [0.15, 0.2) is 0 Å². The molecule has 0 unspecified atom stereocenters. The third kappa shape index (κ3) is 5.01. The number of nitrogens with one attached hydrogen (secondary N) is 1. The lowest BCUT2D eigenvalue weighted by atomic mass is 10.3. The summed E-state index contributed by atoms with van der Waals surface area (Å²) in [7, 11) is 4.16. The summed E-state index contributed by atoms with van der Waals surface area (Å²) in [6.45, 7) is 1.10. The number of nitrogen functional groups attached to an aromatic ring is 1. The highest BCUT2D eigenvalue weighted by molar-refractivity contribution is 7.98. The Morgan fingerprint density at radius 3 is 3.00 bits per heavy atom. The van der Waals surface area contributed by atoms with Crippen LogP contribution in [-0.4, -0.2) is 36.3 Å². The van der Waals surface area contributed by atoms with Crippen LogP contribution in [0.2, 0.25) is 0 Å². The van der Waals surface area contributed by atoms with Crippen LogP contribution in [-0.2, 0) is 5.75 Å². The van der Waals surface area contributed by atoms with E-state index in [1.807, 2.05) is 23.9 Å². The molecule has 0 saturated heterocycles. The van der Waals surface area contributed by atoms with Gasteiger partial charge in [-0.3, -0.25) is 10.8 Å². The Bertz CT molecular complexity index is 291. The van der Waals surface area contributed by atoms with Gasteiger partial charge in [-0.25, -0.2) is 0 Å². The molecule has 0 atom stereocenters. The summed E-state index contributed by atoms with van der Waals surface area (Å²) in [4.78, 5) is 6.45. The minimum absolute atomic E-state index is 0.910. The SMILES string of the molecule is CN(C)CCSCc1cc(NN)ccn1. The number of nitrogens with two attached hydrogens (primary N) is 1. The topological polar surface area (TPSA) is 54.2 Å². The normalized spacial score (nSPS) is 10.7. The average molecular weight is 226 g/mol. The molecule has 1 heterocycles. The van der Waals surface area contributed by atoms with E-state index in [0.717, 1.165) is 29.4 Å². The highest BCUT2D eigenvalue weighted by Gasteiger charge is 1.97. The zero-order valence-electron chi connectivity index (χ0n) is 9.23. The molecule has 0 radical (unpaired) electrons. The third-order valence-corrected chi connectivity index (χ3v) is 2.89. The second-order valence-corrected chi connectivity index (χ2v) is 4.64. The van der Waals surface area contributed by atoms with Crippen molar-refractivity contribution in [1.29, 1.82) is 0 Å². The van der Waals surface area contributed by atoms with Crippen molar-refractivity contribution in [1.82, 2.24) is 9.88 Å². The minimum atomic E-state index is 0.910. The fraction of sp³-hybridized carbons (Fsp3) is 0.500. The number of rotatable bonds is 6. The summed E-state index contributed by atoms with van der Waals surface area (Å²) in [6.07, 6.45) is 1.77. The maximum atomic E-state index is 5.32. The summed E-state index contributed by atoms with van der Waals surface area (Å²) in [5.74, 6) is 7.38. The Hall–Kier alpha value is -0.780. The van der Waals surface area contributed by atoms with Crippen LogP contribution in [0, 0.1) is 0 Å². The molecule has 3 N–H and O–H groups in total. The number of hydrogen-bond acceptors (Lipinski definition) is 5. The van der Waals surface area contributed by atoms with Gasteiger partial charge in [-0.15, -0.1) is 0 Å². The van der Waals surface area contributed by atoms with Crippen LogP contribution in [0.3, 0.4) is 0 Å². The van der Waals surface area contributed by atoms with Crippen LogP contribution in [0.25, 0.3) is 0 Å². The first kappa shape index (κ1) is 12.3. The monoisotopic (exact) mass is 226 g/mol. The maximum absolute atomic E-state index is 5.32. The van der Waals surface area contributed by atoms with E-state index in [1.165, 1.54) is 0 Å². The van der Waals surface area contributed by atoms with Crippen molar-refractivity contribution in [3.05, 3.63) is 24.0 Å². The van der Waals surface area contributed by atoms with Crippen molar-refractivity contribution >= 4 is 17.4 Å². The van der Waals surface area contributed by atoms with Crippen molar-refractivity contribution in [2.75, 3.05) is 31.8 Å². The van der Waals surface area contributed by atoms with Crippen LogP contribution in [0.5, 0.6) is 0 Å². The molecule has 0 bridgehead atoms. The molecule has 1 rings (SSSR count). The van der Waals surface area contributed by atoms with Crippen molar-refractivity contribution in [3.8, 4) is 0 Å². The molecular formula is C10H18N4S. The third-order valence-electron chi connectivity index (χ3n) is 1.92. The minimum Gasteiger partial charge on any atom is -0.324 e. The lowest BCUT2D eigenvalue weighted by molar-refractivity contribution is 0.437. The summed E-state index contributed by atoms with van der Waals surface area (Å²) in [5.41, 5.74) is 4.59. The molecule has 1 aromatic rings. The van der Waals surface area contributed by atoms with Crippen molar-refractivity contribution in [3.63, 3.8) is 0 Å². The zero-order chi connectivity index (χ0) is 11.1. The van der Waals surface area contributed by atoms with E-state index in [9.17, 15) is 0 Å². The van der Waals surface area contributed by atoms with Gasteiger partial charge >= 0.3 is 0 Å². The second kappa shape index (κ2) is 6.66. The quantitative estimate of drug-likeness (QED) is 0.433. The molecule has 0 aromatic carbocycles. The molecule has 0 aliphatic rings. The molecule has 0 saturated carbocycles. The number of pyridine rings is 1. The van der Waals surface area contributed by atoms with E-state index in [-0.39, 0.29) is 0 Å². The van der Waals surface area contributed by atoms with Crippen LogP contribution in [0.4, 0.5) is 5.69 Å². The highest BCUT2D eigenvalue weighted by Crippen LogP contribution is 2.13. The number of hydrogen-bond donors (Lipinski definition) is 2. The van der Waals surface area contributed by atoms with Gasteiger partial charge in [0.1, 0.15) is 0 Å². The molecule has 0 spiro atoms. The number of nitrogens with zero attached hydrogens (tertiary/aromatic N) is 2. The van der Waals surface area contributed by atoms with E-state index in [0.29, 0.717) is 0 Å². The Morgan fingerprint density at radius 2 is 2.33 bits per heavy atom. The predicted octanol–water partition coefficient (Wildman–Crippen LogP) is 1.16. The summed E-state index contributed by atoms with van der Waals surface area (Å²) < 4.78 is 0. The van der Waals surface area contributed by atoms with Gasteiger partial charge in [0.05, 0.1) is 11.4 Å². The Kier molecular flexibility index (Phi) is 5.45. The van der Waals surface area contributed by atoms with Gasteiger partial charge < -0.3 is 10.3 Å². The Labute approximate surface area is 95.2 Å². The molecule has 0 aliphatic heterocycles. The van der Waals surface area contributed by atoms with E-state index in [4.69, 9.17) is 5.84 Å². The Morgan fingerprint density at radius 1 is 1.53 bits per heavy atom. The van der Waals surface area contributed by atoms with Crippen molar-refractivity contribution in [2.24, 2.45) is 5.84 Å². The van der Waals surface area contributed by atoms with Gasteiger partial charge in [-0.2, -0.15) is 11.8 Å². The standard InChI is InChI=1S/C10H18N4S/c1-14(2)5-6-15-8-10-7-9(13-11)3-4-12-10/h3-4,7H,5-6,8,11H2,1-2H3,(H,12,13). The number of aromatic nitrogens is 1. The molecular weight excluding hydrogens is 208 g/mol. The van der Waals surface area contributed by atoms with Gasteiger partial charge in [0.2, 0.25) is 0 Å². The second-order valence-electron chi connectivity index (χ2n) is 3.54. The predicted molar refractivity (Wildman–Crippen MR) is 66.8 cm³/mol. The van der Waals surface area contributed by atoms with E-state index >= 15 is 0 Å². The van der Waals surface area contributed by atoms with Crippen molar-refractivity contribution < 1.29 is 0 Å². The fourth-order valence-electron chi connectivity index (χ4n) is 1.07. The smallest absolute Gasteiger partial charge is 0.0523 e.